The third-order valence-corrected chi connectivity index (χ3v) is 5.83. The van der Waals surface area contributed by atoms with E-state index >= 15 is 0 Å². The minimum Gasteiger partial charge on any atom is -0.444 e. The van der Waals surface area contributed by atoms with Crippen LogP contribution in [0.2, 0.25) is 0 Å². The molecule has 1 aliphatic heterocycles. The SMILES string of the molecule is CC(C)(C)OC(=O)N1CCC(CS(=O)c2ccc(Br)cc2)CC1. The van der Waals surface area contributed by atoms with Crippen molar-refractivity contribution in [1.29, 1.82) is 0 Å². The smallest absolute Gasteiger partial charge is 0.410 e. The molecule has 0 saturated carbocycles. The molecule has 1 aromatic rings. The van der Waals surface area contributed by atoms with Gasteiger partial charge in [-0.3, -0.25) is 4.21 Å². The van der Waals surface area contributed by atoms with Crippen LogP contribution in [0.5, 0.6) is 0 Å². The summed E-state index contributed by atoms with van der Waals surface area (Å²) in [6.45, 7) is 6.98. The van der Waals surface area contributed by atoms with Gasteiger partial charge in [0.05, 0.1) is 10.8 Å². The van der Waals surface area contributed by atoms with Crippen LogP contribution in [0, 0.1) is 5.92 Å². The molecule has 1 fully saturated rings. The summed E-state index contributed by atoms with van der Waals surface area (Å²) in [6, 6.07) is 7.63. The van der Waals surface area contributed by atoms with Gasteiger partial charge in [0, 0.05) is 28.2 Å². The molecule has 1 saturated heterocycles. The highest BCUT2D eigenvalue weighted by Crippen LogP contribution is 2.23. The molecule has 2 rings (SSSR count). The van der Waals surface area contributed by atoms with Crippen molar-refractivity contribution in [3.05, 3.63) is 28.7 Å². The van der Waals surface area contributed by atoms with E-state index in [9.17, 15) is 9.00 Å². The predicted octanol–water partition coefficient (Wildman–Crippen LogP) is 4.20. The molecule has 128 valence electrons. The Labute approximate surface area is 149 Å². The van der Waals surface area contributed by atoms with Crippen LogP contribution in [0.25, 0.3) is 0 Å². The van der Waals surface area contributed by atoms with E-state index in [1.165, 1.54) is 0 Å². The number of benzene rings is 1. The van der Waals surface area contributed by atoms with Gasteiger partial charge in [-0.05, 0) is 63.8 Å². The lowest BCUT2D eigenvalue weighted by Crippen LogP contribution is -2.42. The Morgan fingerprint density at radius 2 is 1.83 bits per heavy atom. The molecule has 0 aromatic heterocycles. The fourth-order valence-corrected chi connectivity index (χ4v) is 4.16. The lowest BCUT2D eigenvalue weighted by Gasteiger charge is -2.33. The number of carbonyl (C=O) groups excluding carboxylic acids is 1. The van der Waals surface area contributed by atoms with Crippen LogP contribution in [0.3, 0.4) is 0 Å². The number of hydrogen-bond donors (Lipinski definition) is 0. The minimum atomic E-state index is -0.983. The number of hydrogen-bond acceptors (Lipinski definition) is 3. The number of amides is 1. The molecule has 1 amide bonds. The largest absolute Gasteiger partial charge is 0.444 e. The number of likely N-dealkylation sites (tertiary alicyclic amines) is 1. The van der Waals surface area contributed by atoms with Gasteiger partial charge >= 0.3 is 6.09 Å². The molecule has 6 heteroatoms. The van der Waals surface area contributed by atoms with Crippen LogP contribution in [-0.2, 0) is 15.5 Å². The van der Waals surface area contributed by atoms with Crippen LogP contribution in [0.4, 0.5) is 4.79 Å². The maximum Gasteiger partial charge on any atom is 0.410 e. The fourth-order valence-electron chi connectivity index (χ4n) is 2.51. The summed E-state index contributed by atoms with van der Waals surface area (Å²) in [5.74, 6) is 1.04. The molecule has 1 atom stereocenters. The average Bonchev–Trinajstić information content (AvgIpc) is 2.46. The molecule has 0 bridgehead atoms. The average molecular weight is 402 g/mol. The summed E-state index contributed by atoms with van der Waals surface area (Å²) in [7, 11) is -0.983. The van der Waals surface area contributed by atoms with Crippen LogP contribution < -0.4 is 0 Å². The van der Waals surface area contributed by atoms with Gasteiger partial charge in [-0.25, -0.2) is 4.79 Å². The van der Waals surface area contributed by atoms with E-state index in [-0.39, 0.29) is 6.09 Å². The molecule has 23 heavy (non-hydrogen) atoms. The van der Waals surface area contributed by atoms with E-state index in [0.717, 1.165) is 22.2 Å². The molecule has 0 aliphatic carbocycles. The molecule has 0 spiro atoms. The van der Waals surface area contributed by atoms with Gasteiger partial charge in [0.25, 0.3) is 0 Å². The predicted molar refractivity (Wildman–Crippen MR) is 95.9 cm³/mol. The standard InChI is InChI=1S/C17H24BrNO3S/c1-17(2,3)22-16(20)19-10-8-13(9-11-19)12-23(21)15-6-4-14(18)5-7-15/h4-7,13H,8-12H2,1-3H3. The fraction of sp³-hybridized carbons (Fsp3) is 0.588. The highest BCUT2D eigenvalue weighted by atomic mass is 79.9. The number of halogens is 1. The van der Waals surface area contributed by atoms with Gasteiger partial charge in [0.2, 0.25) is 0 Å². The van der Waals surface area contributed by atoms with Crippen molar-refractivity contribution in [2.75, 3.05) is 18.8 Å². The molecule has 1 aromatic carbocycles. The summed E-state index contributed by atoms with van der Waals surface area (Å²) < 4.78 is 18.8. The molecular weight excluding hydrogens is 378 g/mol. The molecular formula is C17H24BrNO3S. The zero-order chi connectivity index (χ0) is 17.0. The van der Waals surface area contributed by atoms with E-state index in [4.69, 9.17) is 4.74 Å². The van der Waals surface area contributed by atoms with Crippen LogP contribution in [0.15, 0.2) is 33.6 Å². The van der Waals surface area contributed by atoms with Crippen molar-refractivity contribution in [2.24, 2.45) is 5.92 Å². The number of piperidine rings is 1. The zero-order valence-electron chi connectivity index (χ0n) is 13.9. The summed E-state index contributed by atoms with van der Waals surface area (Å²) in [6.07, 6.45) is 1.51. The lowest BCUT2D eigenvalue weighted by molar-refractivity contribution is 0.0191. The van der Waals surface area contributed by atoms with Crippen molar-refractivity contribution in [2.45, 2.75) is 44.1 Å². The molecule has 0 radical (unpaired) electrons. The number of ether oxygens (including phenoxy) is 1. The first-order chi connectivity index (χ1) is 10.7. The van der Waals surface area contributed by atoms with Gasteiger partial charge in [0.15, 0.2) is 0 Å². The Morgan fingerprint density at radius 1 is 1.26 bits per heavy atom. The normalized spacial score (nSPS) is 17.8. The van der Waals surface area contributed by atoms with Crippen molar-refractivity contribution in [1.82, 2.24) is 4.90 Å². The molecule has 1 aliphatic rings. The van der Waals surface area contributed by atoms with Crippen molar-refractivity contribution < 1.29 is 13.7 Å². The highest BCUT2D eigenvalue weighted by Gasteiger charge is 2.27. The number of rotatable bonds is 3. The Kier molecular flexibility index (Phi) is 6.26. The Bertz CT molecular complexity index is 560. The second-order valence-electron chi connectivity index (χ2n) is 6.88. The molecule has 1 heterocycles. The van der Waals surface area contributed by atoms with Crippen molar-refractivity contribution in [3.8, 4) is 0 Å². The second kappa shape index (κ2) is 7.79. The minimum absolute atomic E-state index is 0.245. The number of carbonyl (C=O) groups is 1. The van der Waals surface area contributed by atoms with Gasteiger partial charge in [0.1, 0.15) is 5.60 Å². The first-order valence-corrected chi connectivity index (χ1v) is 9.97. The van der Waals surface area contributed by atoms with Gasteiger partial charge < -0.3 is 9.64 Å². The third-order valence-electron chi connectivity index (χ3n) is 3.73. The maximum absolute atomic E-state index is 12.4. The molecule has 1 unspecified atom stereocenters. The van der Waals surface area contributed by atoms with E-state index in [1.54, 1.807) is 4.90 Å². The summed E-state index contributed by atoms with van der Waals surface area (Å²) in [4.78, 5) is 14.7. The van der Waals surface area contributed by atoms with Gasteiger partial charge in [-0.1, -0.05) is 15.9 Å². The van der Waals surface area contributed by atoms with Crippen molar-refractivity contribution in [3.63, 3.8) is 0 Å². The quantitative estimate of drug-likeness (QED) is 0.761. The topological polar surface area (TPSA) is 46.6 Å². The van der Waals surface area contributed by atoms with E-state index in [1.807, 2.05) is 45.0 Å². The molecule has 0 N–H and O–H groups in total. The van der Waals surface area contributed by atoms with Crippen molar-refractivity contribution >= 4 is 32.8 Å². The summed E-state index contributed by atoms with van der Waals surface area (Å²) in [5.41, 5.74) is -0.461. The second-order valence-corrected chi connectivity index (χ2v) is 9.29. The Morgan fingerprint density at radius 3 is 2.35 bits per heavy atom. The zero-order valence-corrected chi connectivity index (χ0v) is 16.3. The summed E-state index contributed by atoms with van der Waals surface area (Å²) >= 11 is 3.39. The van der Waals surface area contributed by atoms with Crippen LogP contribution in [-0.4, -0.2) is 39.6 Å². The number of nitrogens with zero attached hydrogens (tertiary/aromatic N) is 1. The monoisotopic (exact) mass is 401 g/mol. The first-order valence-electron chi connectivity index (χ1n) is 7.86. The Balaban J connectivity index is 1.81. The van der Waals surface area contributed by atoms with E-state index in [2.05, 4.69) is 15.9 Å². The Hall–Kier alpha value is -0.880. The highest BCUT2D eigenvalue weighted by molar-refractivity contribution is 9.10. The van der Waals surface area contributed by atoms with Gasteiger partial charge in [-0.15, -0.1) is 0 Å². The third kappa shape index (κ3) is 5.92. The molecule has 4 nitrogen and oxygen atoms in total. The summed E-state index contributed by atoms with van der Waals surface area (Å²) in [5, 5.41) is 0. The first kappa shape index (κ1) is 18.5. The lowest BCUT2D eigenvalue weighted by atomic mass is 9.99. The van der Waals surface area contributed by atoms with E-state index < -0.39 is 16.4 Å². The van der Waals surface area contributed by atoms with Crippen LogP contribution >= 0.6 is 15.9 Å². The van der Waals surface area contributed by atoms with E-state index in [0.29, 0.717) is 24.8 Å². The van der Waals surface area contributed by atoms with Crippen LogP contribution in [0.1, 0.15) is 33.6 Å². The van der Waals surface area contributed by atoms with Gasteiger partial charge in [-0.2, -0.15) is 0 Å². The maximum atomic E-state index is 12.4.